The highest BCUT2D eigenvalue weighted by Crippen LogP contribution is 2.35. The summed E-state index contributed by atoms with van der Waals surface area (Å²) in [6.45, 7) is 4.61. The second kappa shape index (κ2) is 5.44. The third kappa shape index (κ3) is 2.66. The van der Waals surface area contributed by atoms with Crippen molar-refractivity contribution in [1.82, 2.24) is 10.2 Å². The van der Waals surface area contributed by atoms with Crippen molar-refractivity contribution < 1.29 is 4.79 Å². The molecule has 1 saturated carbocycles. The van der Waals surface area contributed by atoms with E-state index in [0.29, 0.717) is 17.8 Å². The first kappa shape index (κ1) is 14.9. The van der Waals surface area contributed by atoms with Gasteiger partial charge in [0, 0.05) is 23.3 Å². The molecule has 4 heteroatoms. The zero-order chi connectivity index (χ0) is 14.9. The van der Waals surface area contributed by atoms with E-state index >= 15 is 0 Å². The molecule has 0 aliphatic heterocycles. The van der Waals surface area contributed by atoms with Gasteiger partial charge in [-0.2, -0.15) is 0 Å². The smallest absolute Gasteiger partial charge is 0.251 e. The molecule has 1 aliphatic rings. The predicted octanol–water partition coefficient (Wildman–Crippen LogP) is 2.10. The number of hydrogen-bond donors (Lipinski definition) is 2. The minimum atomic E-state index is -0.0256. The lowest BCUT2D eigenvalue weighted by atomic mass is 9.75. The van der Waals surface area contributed by atoms with Crippen LogP contribution < -0.4 is 11.1 Å². The molecular weight excluding hydrogens is 250 g/mol. The topological polar surface area (TPSA) is 58.4 Å². The number of likely N-dealkylation sites (N-methyl/N-ethyl adjacent to an activating group) is 1. The lowest BCUT2D eigenvalue weighted by molar-refractivity contribution is 0.0557. The number of benzene rings is 1. The maximum Gasteiger partial charge on any atom is 0.251 e. The molecule has 1 fully saturated rings. The number of nitrogens with two attached hydrogens (primary N) is 1. The van der Waals surface area contributed by atoms with Crippen molar-refractivity contribution in [3.05, 3.63) is 28.8 Å². The van der Waals surface area contributed by atoms with Crippen molar-refractivity contribution >= 4 is 11.6 Å². The van der Waals surface area contributed by atoms with Gasteiger partial charge in [0.15, 0.2) is 0 Å². The SMILES string of the molecule is Cc1cc(C)c(C(=O)NCC2(N(C)C)CCC2)cc1N. The number of hydrogen-bond acceptors (Lipinski definition) is 3. The average Bonchev–Trinajstić information content (AvgIpc) is 2.31. The van der Waals surface area contributed by atoms with E-state index in [9.17, 15) is 4.79 Å². The summed E-state index contributed by atoms with van der Waals surface area (Å²) in [5, 5.41) is 3.07. The van der Waals surface area contributed by atoms with Gasteiger partial charge in [-0.25, -0.2) is 0 Å². The van der Waals surface area contributed by atoms with Gasteiger partial charge < -0.3 is 16.0 Å². The summed E-state index contributed by atoms with van der Waals surface area (Å²) < 4.78 is 0. The van der Waals surface area contributed by atoms with Crippen molar-refractivity contribution in [2.45, 2.75) is 38.6 Å². The van der Waals surface area contributed by atoms with E-state index in [1.165, 1.54) is 6.42 Å². The zero-order valence-electron chi connectivity index (χ0n) is 12.9. The standard InChI is InChI=1S/C16H25N3O/c1-11-8-12(2)14(17)9-13(11)15(20)18-10-16(19(3)4)6-5-7-16/h8-9H,5-7,10,17H2,1-4H3,(H,18,20). The zero-order valence-corrected chi connectivity index (χ0v) is 12.9. The van der Waals surface area contributed by atoms with Crippen LogP contribution in [-0.2, 0) is 0 Å². The van der Waals surface area contributed by atoms with Gasteiger partial charge >= 0.3 is 0 Å². The van der Waals surface area contributed by atoms with Gasteiger partial charge in [-0.15, -0.1) is 0 Å². The van der Waals surface area contributed by atoms with E-state index in [1.54, 1.807) is 6.07 Å². The molecule has 0 unspecified atom stereocenters. The largest absolute Gasteiger partial charge is 0.398 e. The number of rotatable bonds is 4. The molecule has 110 valence electrons. The summed E-state index contributed by atoms with van der Waals surface area (Å²) in [7, 11) is 4.17. The van der Waals surface area contributed by atoms with Crippen molar-refractivity contribution in [1.29, 1.82) is 0 Å². The third-order valence-electron chi connectivity index (χ3n) is 4.67. The Morgan fingerprint density at radius 1 is 1.30 bits per heavy atom. The molecule has 0 bridgehead atoms. The number of nitrogens with one attached hydrogen (secondary N) is 1. The molecule has 0 radical (unpaired) electrons. The van der Waals surface area contributed by atoms with Crippen LogP contribution in [0.5, 0.6) is 0 Å². The molecule has 0 saturated heterocycles. The molecule has 3 N–H and O–H groups in total. The molecule has 0 aromatic heterocycles. The van der Waals surface area contributed by atoms with E-state index in [0.717, 1.165) is 24.0 Å². The normalized spacial score (nSPS) is 16.9. The molecule has 0 spiro atoms. The fourth-order valence-corrected chi connectivity index (χ4v) is 2.82. The van der Waals surface area contributed by atoms with Crippen LogP contribution in [-0.4, -0.2) is 37.0 Å². The summed E-state index contributed by atoms with van der Waals surface area (Å²) in [5.74, 6) is -0.0256. The molecule has 4 nitrogen and oxygen atoms in total. The Balaban J connectivity index is 2.07. The number of amides is 1. The van der Waals surface area contributed by atoms with Crippen LogP contribution in [0.3, 0.4) is 0 Å². The van der Waals surface area contributed by atoms with E-state index in [2.05, 4.69) is 24.3 Å². The first-order valence-electron chi connectivity index (χ1n) is 7.18. The third-order valence-corrected chi connectivity index (χ3v) is 4.67. The van der Waals surface area contributed by atoms with E-state index < -0.39 is 0 Å². The van der Waals surface area contributed by atoms with Gasteiger partial charge in [0.05, 0.1) is 0 Å². The summed E-state index contributed by atoms with van der Waals surface area (Å²) in [5.41, 5.74) is 9.39. The predicted molar refractivity (Wildman–Crippen MR) is 82.9 cm³/mol. The molecule has 0 heterocycles. The lowest BCUT2D eigenvalue weighted by Crippen LogP contribution is -2.57. The van der Waals surface area contributed by atoms with Crippen LogP contribution in [0.4, 0.5) is 5.69 Å². The molecule has 20 heavy (non-hydrogen) atoms. The van der Waals surface area contributed by atoms with Gasteiger partial charge in [-0.3, -0.25) is 4.79 Å². The van der Waals surface area contributed by atoms with Gasteiger partial charge in [-0.05, 0) is 64.4 Å². The molecule has 0 atom stereocenters. The summed E-state index contributed by atoms with van der Waals surface area (Å²) >= 11 is 0. The molecule has 1 aromatic rings. The first-order chi connectivity index (χ1) is 9.35. The Morgan fingerprint density at radius 3 is 2.45 bits per heavy atom. The number of nitrogen functional groups attached to an aromatic ring is 1. The van der Waals surface area contributed by atoms with E-state index in [4.69, 9.17) is 5.73 Å². The highest BCUT2D eigenvalue weighted by atomic mass is 16.1. The van der Waals surface area contributed by atoms with E-state index in [1.807, 2.05) is 19.9 Å². The highest BCUT2D eigenvalue weighted by molar-refractivity contribution is 5.96. The molecule has 2 rings (SSSR count). The molecule has 1 aliphatic carbocycles. The number of aryl methyl sites for hydroxylation is 2. The minimum Gasteiger partial charge on any atom is -0.398 e. The Morgan fingerprint density at radius 2 is 1.95 bits per heavy atom. The number of carbonyl (C=O) groups excluding carboxylic acids is 1. The second-order valence-electron chi connectivity index (χ2n) is 6.18. The van der Waals surface area contributed by atoms with Crippen LogP contribution in [0.1, 0.15) is 40.7 Å². The van der Waals surface area contributed by atoms with Gasteiger partial charge in [0.2, 0.25) is 0 Å². The van der Waals surface area contributed by atoms with Gasteiger partial charge in [-0.1, -0.05) is 6.07 Å². The van der Waals surface area contributed by atoms with Crippen LogP contribution in [0.25, 0.3) is 0 Å². The summed E-state index contributed by atoms with van der Waals surface area (Å²) in [6, 6.07) is 3.75. The summed E-state index contributed by atoms with van der Waals surface area (Å²) in [4.78, 5) is 14.6. The number of anilines is 1. The van der Waals surface area contributed by atoms with Gasteiger partial charge in [0.25, 0.3) is 5.91 Å². The Labute approximate surface area is 121 Å². The number of carbonyl (C=O) groups is 1. The van der Waals surface area contributed by atoms with Crippen LogP contribution in [0.15, 0.2) is 12.1 Å². The Kier molecular flexibility index (Phi) is 4.04. The fraction of sp³-hybridized carbons (Fsp3) is 0.562. The minimum absolute atomic E-state index is 0.0256. The van der Waals surface area contributed by atoms with Crippen molar-refractivity contribution in [3.8, 4) is 0 Å². The lowest BCUT2D eigenvalue weighted by Gasteiger charge is -2.47. The second-order valence-corrected chi connectivity index (χ2v) is 6.18. The monoisotopic (exact) mass is 275 g/mol. The Bertz CT molecular complexity index is 519. The highest BCUT2D eigenvalue weighted by Gasteiger charge is 2.39. The summed E-state index contributed by atoms with van der Waals surface area (Å²) in [6.07, 6.45) is 3.54. The molecular formula is C16H25N3O. The Hall–Kier alpha value is -1.55. The van der Waals surface area contributed by atoms with Gasteiger partial charge in [0.1, 0.15) is 0 Å². The fourth-order valence-electron chi connectivity index (χ4n) is 2.82. The van der Waals surface area contributed by atoms with Crippen molar-refractivity contribution in [2.24, 2.45) is 0 Å². The van der Waals surface area contributed by atoms with E-state index in [-0.39, 0.29) is 11.4 Å². The van der Waals surface area contributed by atoms with Crippen LogP contribution >= 0.6 is 0 Å². The maximum absolute atomic E-state index is 12.4. The van der Waals surface area contributed by atoms with Crippen molar-refractivity contribution in [3.63, 3.8) is 0 Å². The molecule has 1 amide bonds. The molecule has 1 aromatic carbocycles. The average molecular weight is 275 g/mol. The maximum atomic E-state index is 12.4. The quantitative estimate of drug-likeness (QED) is 0.827. The number of nitrogens with zero attached hydrogens (tertiary/aromatic N) is 1. The van der Waals surface area contributed by atoms with Crippen molar-refractivity contribution in [2.75, 3.05) is 26.4 Å². The van der Waals surface area contributed by atoms with Crippen LogP contribution in [0, 0.1) is 13.8 Å². The van der Waals surface area contributed by atoms with Crippen LogP contribution in [0.2, 0.25) is 0 Å². The first-order valence-corrected chi connectivity index (χ1v) is 7.18.